The first-order valence-electron chi connectivity index (χ1n) is 7.92. The van der Waals surface area contributed by atoms with Gasteiger partial charge >= 0.3 is 0 Å². The van der Waals surface area contributed by atoms with Crippen molar-refractivity contribution in [1.82, 2.24) is 14.8 Å². The highest BCUT2D eigenvalue weighted by Crippen LogP contribution is 2.28. The summed E-state index contributed by atoms with van der Waals surface area (Å²) in [5.74, 6) is 1.82. The Morgan fingerprint density at radius 1 is 1.32 bits per heavy atom. The Labute approximate surface area is 131 Å². The van der Waals surface area contributed by atoms with Crippen LogP contribution in [-0.2, 0) is 18.3 Å². The quantitative estimate of drug-likeness (QED) is 0.870. The molecule has 1 fully saturated rings. The smallest absolute Gasteiger partial charge is 0.227 e. The molecular formula is C17H24N4O. The average Bonchev–Trinajstić information content (AvgIpc) is 2.90. The highest BCUT2D eigenvalue weighted by atomic mass is 16.5. The molecule has 0 amide bonds. The second-order valence-electron chi connectivity index (χ2n) is 6.12. The lowest BCUT2D eigenvalue weighted by Gasteiger charge is -2.23. The van der Waals surface area contributed by atoms with E-state index in [1.54, 1.807) is 0 Å². The van der Waals surface area contributed by atoms with Gasteiger partial charge < -0.3 is 9.64 Å². The van der Waals surface area contributed by atoms with Crippen LogP contribution in [0.1, 0.15) is 42.3 Å². The van der Waals surface area contributed by atoms with Crippen molar-refractivity contribution >= 4 is 5.95 Å². The molecule has 0 radical (unpaired) electrons. The molecule has 5 heteroatoms. The average molecular weight is 300 g/mol. The third-order valence-corrected chi connectivity index (χ3v) is 4.20. The molecular weight excluding hydrogens is 276 g/mol. The Hall–Kier alpha value is -1.88. The molecule has 0 spiro atoms. The number of anilines is 1. The van der Waals surface area contributed by atoms with Gasteiger partial charge in [-0.15, -0.1) is 10.2 Å². The first-order valence-corrected chi connectivity index (χ1v) is 7.92. The fraction of sp³-hybridized carbons (Fsp3) is 0.529. The molecule has 2 aromatic rings. The molecule has 1 atom stereocenters. The van der Waals surface area contributed by atoms with Crippen molar-refractivity contribution in [1.29, 1.82) is 0 Å². The van der Waals surface area contributed by atoms with E-state index >= 15 is 0 Å². The van der Waals surface area contributed by atoms with E-state index in [1.165, 1.54) is 17.5 Å². The maximum absolute atomic E-state index is 5.83. The SMILES string of the molecule is Cc1cccc(CN(C)c2nnc([C@@H]3CCCCO3)n2C)c1. The number of hydrogen-bond acceptors (Lipinski definition) is 4. The summed E-state index contributed by atoms with van der Waals surface area (Å²) in [5.41, 5.74) is 2.56. The number of aryl methyl sites for hydroxylation is 1. The number of aromatic nitrogens is 3. The Kier molecular flexibility index (Phi) is 4.43. The predicted octanol–water partition coefficient (Wildman–Crippen LogP) is 3.00. The van der Waals surface area contributed by atoms with Crippen molar-refractivity contribution in [3.8, 4) is 0 Å². The zero-order chi connectivity index (χ0) is 15.5. The third kappa shape index (κ3) is 3.14. The van der Waals surface area contributed by atoms with Crippen molar-refractivity contribution in [2.75, 3.05) is 18.6 Å². The molecule has 5 nitrogen and oxygen atoms in total. The molecule has 3 rings (SSSR count). The van der Waals surface area contributed by atoms with Gasteiger partial charge in [0.15, 0.2) is 5.82 Å². The highest BCUT2D eigenvalue weighted by Gasteiger charge is 2.23. The van der Waals surface area contributed by atoms with Crippen LogP contribution >= 0.6 is 0 Å². The van der Waals surface area contributed by atoms with Crippen molar-refractivity contribution in [2.24, 2.45) is 7.05 Å². The van der Waals surface area contributed by atoms with E-state index in [4.69, 9.17) is 4.74 Å². The lowest BCUT2D eigenvalue weighted by atomic mass is 10.1. The molecule has 0 unspecified atom stereocenters. The molecule has 2 heterocycles. The van der Waals surface area contributed by atoms with Gasteiger partial charge in [0.1, 0.15) is 6.10 Å². The minimum Gasteiger partial charge on any atom is -0.370 e. The van der Waals surface area contributed by atoms with Crippen LogP contribution < -0.4 is 4.90 Å². The van der Waals surface area contributed by atoms with E-state index in [0.29, 0.717) is 0 Å². The fourth-order valence-corrected chi connectivity index (χ4v) is 3.04. The van der Waals surface area contributed by atoms with Crippen LogP contribution in [0.5, 0.6) is 0 Å². The molecule has 0 N–H and O–H groups in total. The normalized spacial score (nSPS) is 18.4. The van der Waals surface area contributed by atoms with Crippen LogP contribution in [0.4, 0.5) is 5.95 Å². The Morgan fingerprint density at radius 3 is 2.91 bits per heavy atom. The number of hydrogen-bond donors (Lipinski definition) is 0. The lowest BCUT2D eigenvalue weighted by Crippen LogP contribution is -2.21. The van der Waals surface area contributed by atoms with Gasteiger partial charge in [-0.1, -0.05) is 29.8 Å². The van der Waals surface area contributed by atoms with Gasteiger partial charge in [-0.05, 0) is 31.7 Å². The van der Waals surface area contributed by atoms with Gasteiger partial charge in [-0.2, -0.15) is 0 Å². The first kappa shape index (κ1) is 15.0. The molecule has 0 aliphatic carbocycles. The minimum atomic E-state index is 0.0902. The molecule has 22 heavy (non-hydrogen) atoms. The van der Waals surface area contributed by atoms with E-state index in [1.807, 2.05) is 7.05 Å². The van der Waals surface area contributed by atoms with Gasteiger partial charge in [-0.25, -0.2) is 0 Å². The van der Waals surface area contributed by atoms with Gasteiger partial charge in [0.05, 0.1) is 0 Å². The third-order valence-electron chi connectivity index (χ3n) is 4.20. The van der Waals surface area contributed by atoms with E-state index in [2.05, 4.69) is 57.9 Å². The molecule has 1 saturated heterocycles. The number of nitrogens with zero attached hydrogens (tertiary/aromatic N) is 4. The maximum Gasteiger partial charge on any atom is 0.227 e. The fourth-order valence-electron chi connectivity index (χ4n) is 3.04. The minimum absolute atomic E-state index is 0.0902. The van der Waals surface area contributed by atoms with Crippen LogP contribution in [0.25, 0.3) is 0 Å². The van der Waals surface area contributed by atoms with Crippen molar-refractivity contribution < 1.29 is 4.74 Å². The lowest BCUT2D eigenvalue weighted by molar-refractivity contribution is 0.00770. The number of ether oxygens (including phenoxy) is 1. The Balaban J connectivity index is 1.75. The Bertz CT molecular complexity index is 631. The molecule has 0 saturated carbocycles. The van der Waals surface area contributed by atoms with E-state index in [0.717, 1.165) is 37.8 Å². The topological polar surface area (TPSA) is 43.2 Å². The largest absolute Gasteiger partial charge is 0.370 e. The summed E-state index contributed by atoms with van der Waals surface area (Å²) in [6.45, 7) is 3.76. The highest BCUT2D eigenvalue weighted by molar-refractivity contribution is 5.33. The monoisotopic (exact) mass is 300 g/mol. The second kappa shape index (κ2) is 6.48. The van der Waals surface area contributed by atoms with Gasteiger partial charge in [-0.3, -0.25) is 4.57 Å². The zero-order valence-electron chi connectivity index (χ0n) is 13.6. The summed E-state index contributed by atoms with van der Waals surface area (Å²) in [6.07, 6.45) is 3.47. The standard InChI is InChI=1S/C17H24N4O/c1-13-7-6-8-14(11-13)12-20(2)17-19-18-16(21(17)3)15-9-4-5-10-22-15/h6-8,11,15H,4-5,9-10,12H2,1-3H3/t15-/m0/s1. The van der Waals surface area contributed by atoms with Crippen LogP contribution in [-0.4, -0.2) is 28.4 Å². The second-order valence-corrected chi connectivity index (χ2v) is 6.12. The summed E-state index contributed by atoms with van der Waals surface area (Å²) >= 11 is 0. The van der Waals surface area contributed by atoms with Crippen molar-refractivity contribution in [2.45, 2.75) is 38.8 Å². The predicted molar refractivity (Wildman–Crippen MR) is 86.8 cm³/mol. The van der Waals surface area contributed by atoms with Crippen molar-refractivity contribution in [3.05, 3.63) is 41.2 Å². The van der Waals surface area contributed by atoms with E-state index in [9.17, 15) is 0 Å². The first-order chi connectivity index (χ1) is 10.6. The van der Waals surface area contributed by atoms with Crippen LogP contribution in [0.15, 0.2) is 24.3 Å². The summed E-state index contributed by atoms with van der Waals surface area (Å²) < 4.78 is 7.89. The van der Waals surface area contributed by atoms with Crippen LogP contribution in [0.2, 0.25) is 0 Å². The van der Waals surface area contributed by atoms with Gasteiger partial charge in [0, 0.05) is 27.2 Å². The Morgan fingerprint density at radius 2 is 2.18 bits per heavy atom. The van der Waals surface area contributed by atoms with E-state index in [-0.39, 0.29) is 6.10 Å². The number of rotatable bonds is 4. The molecule has 1 aromatic carbocycles. The zero-order valence-corrected chi connectivity index (χ0v) is 13.6. The van der Waals surface area contributed by atoms with Crippen LogP contribution in [0.3, 0.4) is 0 Å². The summed E-state index contributed by atoms with van der Waals surface area (Å²) in [6, 6.07) is 8.56. The summed E-state index contributed by atoms with van der Waals surface area (Å²) in [5, 5.41) is 8.73. The molecule has 0 bridgehead atoms. The van der Waals surface area contributed by atoms with E-state index < -0.39 is 0 Å². The van der Waals surface area contributed by atoms with Crippen molar-refractivity contribution in [3.63, 3.8) is 0 Å². The molecule has 118 valence electrons. The molecule has 1 aliphatic heterocycles. The number of benzene rings is 1. The van der Waals surface area contributed by atoms with Gasteiger partial charge in [0.25, 0.3) is 0 Å². The molecule has 1 aromatic heterocycles. The van der Waals surface area contributed by atoms with Crippen LogP contribution in [0, 0.1) is 6.92 Å². The summed E-state index contributed by atoms with van der Waals surface area (Å²) in [4.78, 5) is 2.13. The molecule has 1 aliphatic rings. The van der Waals surface area contributed by atoms with Gasteiger partial charge in [0.2, 0.25) is 5.95 Å². The maximum atomic E-state index is 5.83. The summed E-state index contributed by atoms with van der Waals surface area (Å²) in [7, 11) is 4.08.